The van der Waals surface area contributed by atoms with Gasteiger partial charge in [0, 0.05) is 12.8 Å². The van der Waals surface area contributed by atoms with Crippen LogP contribution >= 0.6 is 0 Å². The monoisotopic (exact) mass is 957 g/mol. The maximum Gasteiger partial charge on any atom is 0.306 e. The molecule has 4 unspecified atom stereocenters. The van der Waals surface area contributed by atoms with Crippen molar-refractivity contribution in [1.29, 1.82) is 0 Å². The van der Waals surface area contributed by atoms with Crippen molar-refractivity contribution in [3.8, 4) is 0 Å². The van der Waals surface area contributed by atoms with E-state index in [-0.39, 0.29) is 26.1 Å². The number of esters is 2. The van der Waals surface area contributed by atoms with Crippen LogP contribution in [0.3, 0.4) is 0 Å². The Morgan fingerprint density at radius 3 is 1.43 bits per heavy atom. The molecule has 2 saturated heterocycles. The molecule has 2 aliphatic heterocycles. The lowest BCUT2D eigenvalue weighted by Crippen LogP contribution is -2.61. The van der Waals surface area contributed by atoms with Crippen molar-refractivity contribution in [2.75, 3.05) is 26.4 Å². The normalized spacial score (nSPS) is 26.2. The first kappa shape index (κ1) is 60.8. The Hall–Kier alpha value is -2.28. The molecule has 67 heavy (non-hydrogen) atoms. The van der Waals surface area contributed by atoms with Crippen LogP contribution in [0.25, 0.3) is 0 Å². The zero-order chi connectivity index (χ0) is 48.9. The van der Waals surface area contributed by atoms with E-state index in [4.69, 9.17) is 28.4 Å². The van der Waals surface area contributed by atoms with Gasteiger partial charge < -0.3 is 64.2 Å². The van der Waals surface area contributed by atoms with Gasteiger partial charge in [-0.15, -0.1) is 0 Å². The molecule has 0 aliphatic carbocycles. The van der Waals surface area contributed by atoms with E-state index >= 15 is 0 Å². The smallest absolute Gasteiger partial charge is 0.306 e. The summed E-state index contributed by atoms with van der Waals surface area (Å²) in [6, 6.07) is 0. The Kier molecular flexibility index (Phi) is 35.8. The summed E-state index contributed by atoms with van der Waals surface area (Å²) >= 11 is 0. The summed E-state index contributed by atoms with van der Waals surface area (Å²) in [5.41, 5.74) is 0. The van der Waals surface area contributed by atoms with Crippen molar-refractivity contribution in [1.82, 2.24) is 0 Å². The Morgan fingerprint density at radius 2 is 0.896 bits per heavy atom. The van der Waals surface area contributed by atoms with E-state index in [9.17, 15) is 45.3 Å². The van der Waals surface area contributed by atoms with Crippen LogP contribution in [0.5, 0.6) is 0 Å². The lowest BCUT2D eigenvalue weighted by atomic mass is 9.98. The average Bonchev–Trinajstić information content (AvgIpc) is 3.32. The van der Waals surface area contributed by atoms with E-state index in [0.29, 0.717) is 12.8 Å². The molecule has 2 rings (SSSR count). The first-order valence-electron chi connectivity index (χ1n) is 26.1. The molecule has 11 atom stereocenters. The third-order valence-corrected chi connectivity index (χ3v) is 12.3. The summed E-state index contributed by atoms with van der Waals surface area (Å²) in [6.07, 6.45) is 24.5. The summed E-state index contributed by atoms with van der Waals surface area (Å²) in [6.45, 7) is 2.54. The summed E-state index contributed by atoms with van der Waals surface area (Å²) in [7, 11) is 0. The molecule has 0 aromatic rings. The molecule has 0 aromatic heterocycles. The highest BCUT2D eigenvalue weighted by molar-refractivity contribution is 5.70. The molecule has 0 aromatic carbocycles. The summed E-state index contributed by atoms with van der Waals surface area (Å²) in [5, 5.41) is 72.1. The van der Waals surface area contributed by atoms with E-state index in [0.717, 1.165) is 96.3 Å². The number of ether oxygens (including phenoxy) is 6. The van der Waals surface area contributed by atoms with Gasteiger partial charge in [-0.25, -0.2) is 0 Å². The minimum atomic E-state index is -1.77. The topological polar surface area (TPSA) is 231 Å². The number of hydrogen-bond donors (Lipinski definition) is 7. The second kappa shape index (κ2) is 39.4. The predicted octanol–water partition coefficient (Wildman–Crippen LogP) is 7.32. The second-order valence-electron chi connectivity index (χ2n) is 18.3. The van der Waals surface area contributed by atoms with Gasteiger partial charge in [0.25, 0.3) is 0 Å². The van der Waals surface area contributed by atoms with Crippen LogP contribution in [0.4, 0.5) is 0 Å². The van der Waals surface area contributed by atoms with E-state index in [1.807, 2.05) is 0 Å². The van der Waals surface area contributed by atoms with Crippen molar-refractivity contribution in [3.05, 3.63) is 36.5 Å². The maximum absolute atomic E-state index is 13.0. The molecule has 15 nitrogen and oxygen atoms in total. The second-order valence-corrected chi connectivity index (χ2v) is 18.3. The summed E-state index contributed by atoms with van der Waals surface area (Å²) < 4.78 is 33.6. The minimum Gasteiger partial charge on any atom is -0.462 e. The van der Waals surface area contributed by atoms with E-state index in [1.165, 1.54) is 51.4 Å². The molecule has 0 radical (unpaired) electrons. The van der Waals surface area contributed by atoms with Gasteiger partial charge in [0.1, 0.15) is 55.4 Å². The lowest BCUT2D eigenvalue weighted by Gasteiger charge is -2.42. The van der Waals surface area contributed by atoms with Crippen molar-refractivity contribution in [3.63, 3.8) is 0 Å². The van der Waals surface area contributed by atoms with Crippen LogP contribution < -0.4 is 0 Å². The molecule has 0 saturated carbocycles. The van der Waals surface area contributed by atoms with Gasteiger partial charge in [-0.1, -0.05) is 140 Å². The first-order chi connectivity index (χ1) is 32.5. The van der Waals surface area contributed by atoms with Crippen LogP contribution in [-0.2, 0) is 38.0 Å². The van der Waals surface area contributed by atoms with Crippen molar-refractivity contribution < 1.29 is 73.8 Å². The van der Waals surface area contributed by atoms with Crippen LogP contribution in [0, 0.1) is 0 Å². The number of allylic oxidation sites excluding steroid dienone is 6. The fraction of sp³-hybridized carbons (Fsp3) is 0.846. The first-order valence-corrected chi connectivity index (χ1v) is 26.1. The number of unbranched alkanes of at least 4 members (excludes halogenated alkanes) is 20. The Labute approximate surface area is 402 Å². The van der Waals surface area contributed by atoms with Gasteiger partial charge in [0.15, 0.2) is 18.7 Å². The molecule has 0 bridgehead atoms. The Morgan fingerprint density at radius 1 is 0.478 bits per heavy atom. The number of aliphatic hydroxyl groups excluding tert-OH is 7. The van der Waals surface area contributed by atoms with Crippen LogP contribution in [0.15, 0.2) is 36.5 Å². The van der Waals surface area contributed by atoms with Gasteiger partial charge in [-0.05, 0) is 70.6 Å². The Balaban J connectivity index is 1.81. The van der Waals surface area contributed by atoms with Crippen LogP contribution in [0.2, 0.25) is 0 Å². The van der Waals surface area contributed by atoms with E-state index in [1.54, 1.807) is 0 Å². The van der Waals surface area contributed by atoms with E-state index < -0.39 is 92.7 Å². The minimum absolute atomic E-state index is 0.155. The lowest BCUT2D eigenvalue weighted by molar-refractivity contribution is -0.332. The number of rotatable bonds is 40. The number of carbonyl (C=O) groups is 2. The zero-order valence-electron chi connectivity index (χ0n) is 41.1. The molecule has 2 heterocycles. The van der Waals surface area contributed by atoms with Gasteiger partial charge in [0.2, 0.25) is 0 Å². The summed E-state index contributed by atoms with van der Waals surface area (Å²) in [5.74, 6) is -0.942. The highest BCUT2D eigenvalue weighted by atomic mass is 16.7. The van der Waals surface area contributed by atoms with Gasteiger partial charge in [-0.3, -0.25) is 9.59 Å². The van der Waals surface area contributed by atoms with Gasteiger partial charge in [0.05, 0.1) is 19.8 Å². The van der Waals surface area contributed by atoms with E-state index in [2.05, 4.69) is 50.3 Å². The molecule has 0 amide bonds. The fourth-order valence-electron chi connectivity index (χ4n) is 8.01. The fourth-order valence-corrected chi connectivity index (χ4v) is 8.01. The molecule has 2 fully saturated rings. The number of aliphatic hydroxyl groups is 7. The molecule has 15 heteroatoms. The molecule has 0 spiro atoms. The zero-order valence-corrected chi connectivity index (χ0v) is 41.1. The average molecular weight is 957 g/mol. The van der Waals surface area contributed by atoms with Crippen molar-refractivity contribution >= 4 is 11.9 Å². The number of carbonyl (C=O) groups excluding carboxylic acids is 2. The van der Waals surface area contributed by atoms with Gasteiger partial charge >= 0.3 is 11.9 Å². The molecule has 2 aliphatic rings. The third-order valence-electron chi connectivity index (χ3n) is 12.3. The molecule has 390 valence electrons. The summed E-state index contributed by atoms with van der Waals surface area (Å²) in [4.78, 5) is 25.8. The highest BCUT2D eigenvalue weighted by Crippen LogP contribution is 2.26. The molecular weight excluding hydrogens is 865 g/mol. The highest BCUT2D eigenvalue weighted by Gasteiger charge is 2.47. The molecular formula is C52H92O15. The molecule has 7 N–H and O–H groups in total. The number of hydrogen-bond acceptors (Lipinski definition) is 15. The van der Waals surface area contributed by atoms with Crippen LogP contribution in [-0.4, -0.2) is 142 Å². The van der Waals surface area contributed by atoms with Crippen molar-refractivity contribution in [2.45, 2.75) is 255 Å². The SMILES string of the molecule is CCCCC/C=C/C/C=C/CCCCCCCCCC(=O)O[C@H](COC(=O)CCCCCCC/C=C/CCCCCCC)CO[C@H]1O[C@@H](CO[C@H]2O[C@@H](CO)[C@@H](O)C(O)C2O)[C@@H](O)C(O)C1O. The third kappa shape index (κ3) is 27.6. The standard InChI is InChI=1S/C52H92O15/c1-3-5-7-9-11-13-15-17-19-20-21-23-25-27-29-31-33-35-44(55)65-40(37-62-43(54)34-32-30-28-26-24-22-18-16-14-12-10-8-6-4-2)38-63-51-50(61)48(59)46(57)42(67-51)39-64-52-49(60)47(58)45(56)41(36-53)66-52/h11,13,16-19,40-42,45-53,56-61H,3-10,12,14-15,20-39H2,1-2H3/b13-11+,18-16+,19-17+/t40-,41+,42+,45-,46-,47?,48?,49?,50?,51+,52+/m1/s1. The van der Waals surface area contributed by atoms with Crippen LogP contribution in [0.1, 0.15) is 187 Å². The maximum atomic E-state index is 13.0. The quantitative estimate of drug-likeness (QED) is 0.0181. The largest absolute Gasteiger partial charge is 0.462 e. The van der Waals surface area contributed by atoms with Crippen molar-refractivity contribution in [2.24, 2.45) is 0 Å². The predicted molar refractivity (Wildman–Crippen MR) is 257 cm³/mol. The Bertz CT molecular complexity index is 1310. The van der Waals surface area contributed by atoms with Gasteiger partial charge in [-0.2, -0.15) is 0 Å².